The zero-order valence-corrected chi connectivity index (χ0v) is 11.0. The van der Waals surface area contributed by atoms with Crippen molar-refractivity contribution in [3.8, 4) is 11.5 Å². The number of carbonyl (C=O) groups excluding carboxylic acids is 1. The molecule has 2 aromatic carbocycles. The number of hydroxylamine groups is 1. The lowest BCUT2D eigenvalue weighted by Crippen LogP contribution is -2.23. The van der Waals surface area contributed by atoms with E-state index >= 15 is 0 Å². The predicted molar refractivity (Wildman–Crippen MR) is 72.9 cm³/mol. The Bertz CT molecular complexity index is 583. The second-order valence-corrected chi connectivity index (χ2v) is 4.26. The lowest BCUT2D eigenvalue weighted by molar-refractivity contribution is -0.121. The monoisotopic (exact) mass is 277 g/mol. The van der Waals surface area contributed by atoms with Gasteiger partial charge in [0, 0.05) is 6.92 Å². The van der Waals surface area contributed by atoms with Gasteiger partial charge in [0.1, 0.15) is 11.5 Å². The van der Waals surface area contributed by atoms with Crippen LogP contribution in [0.3, 0.4) is 0 Å². The average molecular weight is 278 g/mol. The largest absolute Gasteiger partial charge is 0.456 e. The fourth-order valence-electron chi connectivity index (χ4n) is 1.49. The van der Waals surface area contributed by atoms with E-state index in [1.165, 1.54) is 6.92 Å². The summed E-state index contributed by atoms with van der Waals surface area (Å²) in [6, 6.07) is 13.6. The van der Waals surface area contributed by atoms with Gasteiger partial charge < -0.3 is 4.74 Å². The molecule has 0 aliphatic heterocycles. The van der Waals surface area contributed by atoms with Crippen molar-refractivity contribution in [1.82, 2.24) is 0 Å². The number of carbonyl (C=O) groups is 1. The van der Waals surface area contributed by atoms with Crippen molar-refractivity contribution in [2.24, 2.45) is 0 Å². The fourth-order valence-corrected chi connectivity index (χ4v) is 1.67. The van der Waals surface area contributed by atoms with Crippen molar-refractivity contribution < 1.29 is 14.7 Å². The Morgan fingerprint density at radius 3 is 2.37 bits per heavy atom. The summed E-state index contributed by atoms with van der Waals surface area (Å²) < 4.78 is 5.59. The van der Waals surface area contributed by atoms with Crippen LogP contribution in [0.5, 0.6) is 11.5 Å². The number of hydrogen-bond acceptors (Lipinski definition) is 3. The first-order valence-electron chi connectivity index (χ1n) is 5.60. The molecule has 0 atom stereocenters. The lowest BCUT2D eigenvalue weighted by atomic mass is 10.3. The minimum absolute atomic E-state index is 0.374. The second kappa shape index (κ2) is 5.73. The van der Waals surface area contributed by atoms with E-state index in [1.54, 1.807) is 36.4 Å². The Hall–Kier alpha value is -2.04. The molecular formula is C14H12ClNO3. The third-order valence-electron chi connectivity index (χ3n) is 2.44. The molecule has 2 aromatic rings. The van der Waals surface area contributed by atoms with Crippen LogP contribution in [0.15, 0.2) is 48.5 Å². The number of ether oxygens (including phenoxy) is 1. The molecule has 2 rings (SSSR count). The molecule has 0 saturated carbocycles. The summed E-state index contributed by atoms with van der Waals surface area (Å²) >= 11 is 5.98. The number of hydrogen-bond donors (Lipinski definition) is 1. The zero-order valence-electron chi connectivity index (χ0n) is 10.2. The zero-order chi connectivity index (χ0) is 13.8. The first kappa shape index (κ1) is 13.4. The van der Waals surface area contributed by atoms with Crippen molar-refractivity contribution in [2.75, 3.05) is 5.06 Å². The maximum atomic E-state index is 11.0. The number of rotatable bonds is 3. The van der Waals surface area contributed by atoms with Gasteiger partial charge in [-0.05, 0) is 36.4 Å². The van der Waals surface area contributed by atoms with Gasteiger partial charge in [-0.2, -0.15) is 5.06 Å². The molecule has 0 heterocycles. The van der Waals surface area contributed by atoms with Gasteiger partial charge in [0.2, 0.25) is 5.91 Å². The van der Waals surface area contributed by atoms with E-state index in [0.717, 1.165) is 0 Å². The molecule has 4 nitrogen and oxygen atoms in total. The van der Waals surface area contributed by atoms with E-state index in [9.17, 15) is 10.0 Å². The van der Waals surface area contributed by atoms with E-state index in [0.29, 0.717) is 27.3 Å². The van der Waals surface area contributed by atoms with Gasteiger partial charge >= 0.3 is 0 Å². The Kier molecular flexibility index (Phi) is 4.04. The van der Waals surface area contributed by atoms with E-state index in [4.69, 9.17) is 16.3 Å². The van der Waals surface area contributed by atoms with Crippen LogP contribution in [0.4, 0.5) is 5.69 Å². The number of nitrogens with zero attached hydrogens (tertiary/aromatic N) is 1. The Morgan fingerprint density at radius 1 is 1.16 bits per heavy atom. The van der Waals surface area contributed by atoms with E-state index in [-0.39, 0.29) is 0 Å². The first-order chi connectivity index (χ1) is 9.08. The topological polar surface area (TPSA) is 49.8 Å². The Morgan fingerprint density at radius 2 is 1.79 bits per heavy atom. The number of para-hydroxylation sites is 1. The van der Waals surface area contributed by atoms with Crippen LogP contribution in [0.2, 0.25) is 5.02 Å². The molecule has 0 spiro atoms. The van der Waals surface area contributed by atoms with Crippen LogP contribution in [0.1, 0.15) is 6.92 Å². The van der Waals surface area contributed by atoms with Crippen LogP contribution in [0, 0.1) is 0 Å². The lowest BCUT2D eigenvalue weighted by Gasteiger charge is -2.13. The molecule has 19 heavy (non-hydrogen) atoms. The summed E-state index contributed by atoms with van der Waals surface area (Å²) in [5.41, 5.74) is 0.374. The molecule has 1 N–H and O–H groups in total. The van der Waals surface area contributed by atoms with Crippen LogP contribution < -0.4 is 9.80 Å². The van der Waals surface area contributed by atoms with Crippen molar-refractivity contribution >= 4 is 23.2 Å². The highest BCUT2D eigenvalue weighted by molar-refractivity contribution is 6.32. The van der Waals surface area contributed by atoms with E-state index < -0.39 is 5.91 Å². The van der Waals surface area contributed by atoms with Gasteiger partial charge in [-0.15, -0.1) is 0 Å². The number of benzene rings is 2. The normalized spacial score (nSPS) is 10.1. The highest BCUT2D eigenvalue weighted by Gasteiger charge is 2.08. The molecule has 1 amide bonds. The van der Waals surface area contributed by atoms with Crippen LogP contribution in [-0.4, -0.2) is 11.1 Å². The van der Waals surface area contributed by atoms with Crippen molar-refractivity contribution in [3.05, 3.63) is 53.6 Å². The van der Waals surface area contributed by atoms with Gasteiger partial charge in [0.25, 0.3) is 0 Å². The number of anilines is 1. The van der Waals surface area contributed by atoms with E-state index in [1.807, 2.05) is 12.1 Å². The standard InChI is InChI=1S/C14H12ClNO3/c1-10(17)16(18)11-6-8-12(9-7-11)19-14-5-3-2-4-13(14)15/h2-9,18H,1H3. The molecule has 0 radical (unpaired) electrons. The molecule has 0 aliphatic rings. The molecule has 0 aromatic heterocycles. The SMILES string of the molecule is CC(=O)N(O)c1ccc(Oc2ccccc2Cl)cc1. The second-order valence-electron chi connectivity index (χ2n) is 3.86. The van der Waals surface area contributed by atoms with E-state index in [2.05, 4.69) is 0 Å². The van der Waals surface area contributed by atoms with Crippen molar-refractivity contribution in [1.29, 1.82) is 0 Å². The van der Waals surface area contributed by atoms with Crippen LogP contribution in [0.25, 0.3) is 0 Å². The first-order valence-corrected chi connectivity index (χ1v) is 5.98. The average Bonchev–Trinajstić information content (AvgIpc) is 2.41. The third-order valence-corrected chi connectivity index (χ3v) is 2.76. The maximum absolute atomic E-state index is 11.0. The van der Waals surface area contributed by atoms with Crippen molar-refractivity contribution in [2.45, 2.75) is 6.92 Å². The highest BCUT2D eigenvalue weighted by atomic mass is 35.5. The summed E-state index contributed by atoms with van der Waals surface area (Å²) in [5.74, 6) is 0.651. The van der Waals surface area contributed by atoms with Gasteiger partial charge in [0.05, 0.1) is 10.7 Å². The summed E-state index contributed by atoms with van der Waals surface area (Å²) in [5, 5.41) is 10.5. The van der Waals surface area contributed by atoms with Crippen LogP contribution in [-0.2, 0) is 4.79 Å². The Labute approximate surface area is 115 Å². The number of amides is 1. The number of halogens is 1. The fraction of sp³-hybridized carbons (Fsp3) is 0.0714. The summed E-state index contributed by atoms with van der Waals surface area (Å²) in [6.07, 6.45) is 0. The summed E-state index contributed by atoms with van der Waals surface area (Å²) in [6.45, 7) is 1.27. The smallest absolute Gasteiger partial charge is 0.247 e. The van der Waals surface area contributed by atoms with Gasteiger partial charge in [0.15, 0.2) is 0 Å². The van der Waals surface area contributed by atoms with Gasteiger partial charge in [-0.1, -0.05) is 23.7 Å². The summed E-state index contributed by atoms with van der Waals surface area (Å²) in [4.78, 5) is 11.0. The molecule has 0 saturated heterocycles. The minimum Gasteiger partial charge on any atom is -0.456 e. The Balaban J connectivity index is 2.15. The molecule has 0 aliphatic carbocycles. The molecular weight excluding hydrogens is 266 g/mol. The highest BCUT2D eigenvalue weighted by Crippen LogP contribution is 2.29. The predicted octanol–water partition coefficient (Wildman–Crippen LogP) is 3.87. The minimum atomic E-state index is -0.459. The van der Waals surface area contributed by atoms with Crippen molar-refractivity contribution in [3.63, 3.8) is 0 Å². The summed E-state index contributed by atoms with van der Waals surface area (Å²) in [7, 11) is 0. The molecule has 0 bridgehead atoms. The molecule has 0 unspecified atom stereocenters. The third kappa shape index (κ3) is 3.24. The van der Waals surface area contributed by atoms with Crippen LogP contribution >= 0.6 is 11.6 Å². The quantitative estimate of drug-likeness (QED) is 0.684. The molecule has 0 fully saturated rings. The van der Waals surface area contributed by atoms with Gasteiger partial charge in [-0.25, -0.2) is 0 Å². The molecule has 98 valence electrons. The maximum Gasteiger partial charge on any atom is 0.247 e. The molecule has 5 heteroatoms. The van der Waals surface area contributed by atoms with Gasteiger partial charge in [-0.3, -0.25) is 10.0 Å².